The molecule has 0 aliphatic rings. The minimum Gasteiger partial charge on any atom is -0.333 e. The van der Waals surface area contributed by atoms with Gasteiger partial charge in [-0.3, -0.25) is 10.1 Å². The van der Waals surface area contributed by atoms with Crippen molar-refractivity contribution in [2.75, 3.05) is 0 Å². The maximum atomic E-state index is 10.7. The number of nitrogens with zero attached hydrogens (tertiary/aromatic N) is 1. The molecule has 0 saturated carbocycles. The molecule has 0 unspecified atom stereocenters. The van der Waals surface area contributed by atoms with Crippen molar-refractivity contribution in [2.24, 2.45) is 0 Å². The third-order valence-electron chi connectivity index (χ3n) is 1.93. The second-order valence-corrected chi connectivity index (χ2v) is 3.20. The van der Waals surface area contributed by atoms with E-state index in [9.17, 15) is 10.1 Å². The summed E-state index contributed by atoms with van der Waals surface area (Å²) < 4.78 is 0. The highest BCUT2D eigenvalue weighted by Crippen LogP contribution is 2.34. The molecule has 1 aromatic rings. The highest BCUT2D eigenvalue weighted by atomic mass is 17.1. The molecule has 0 heterocycles. The van der Waals surface area contributed by atoms with Crippen LogP contribution in [0.4, 0.5) is 5.69 Å². The van der Waals surface area contributed by atoms with Crippen LogP contribution in [0.25, 0.3) is 0 Å². The van der Waals surface area contributed by atoms with Crippen molar-refractivity contribution >= 4 is 5.69 Å². The Morgan fingerprint density at radius 3 is 2.57 bits per heavy atom. The molecule has 0 aliphatic carbocycles. The molecule has 1 N–H and O–H groups in total. The van der Waals surface area contributed by atoms with Crippen LogP contribution < -0.4 is 4.89 Å². The van der Waals surface area contributed by atoms with E-state index in [1.807, 2.05) is 13.8 Å². The van der Waals surface area contributed by atoms with Crippen molar-refractivity contribution in [2.45, 2.75) is 19.8 Å². The Morgan fingerprint density at radius 1 is 1.50 bits per heavy atom. The number of nitro groups is 1. The molecule has 0 fully saturated rings. The molecular formula is C9H11NO4. The van der Waals surface area contributed by atoms with Gasteiger partial charge in [0, 0.05) is 5.56 Å². The summed E-state index contributed by atoms with van der Waals surface area (Å²) in [5, 5.41) is 19.2. The van der Waals surface area contributed by atoms with E-state index in [1.54, 1.807) is 12.1 Å². The predicted molar refractivity (Wildman–Crippen MR) is 50.4 cm³/mol. The fraction of sp³-hybridized carbons (Fsp3) is 0.333. The average Bonchev–Trinajstić information content (AvgIpc) is 2.16. The predicted octanol–water partition coefficient (Wildman–Crippen LogP) is 2.57. The lowest BCUT2D eigenvalue weighted by Gasteiger charge is -2.07. The molecule has 1 aromatic carbocycles. The number of rotatable bonds is 3. The zero-order chi connectivity index (χ0) is 10.7. The lowest BCUT2D eigenvalue weighted by molar-refractivity contribution is -0.388. The number of hydrogen-bond acceptors (Lipinski definition) is 4. The van der Waals surface area contributed by atoms with Crippen LogP contribution in [0.5, 0.6) is 5.75 Å². The SMILES string of the molecule is CC(C)c1cccc(OO)c1[N+](=O)[O-]. The van der Waals surface area contributed by atoms with E-state index < -0.39 is 4.92 Å². The Bertz CT molecular complexity index is 349. The van der Waals surface area contributed by atoms with Gasteiger partial charge < -0.3 is 4.89 Å². The Morgan fingerprint density at radius 2 is 2.14 bits per heavy atom. The fourth-order valence-electron chi connectivity index (χ4n) is 1.27. The normalized spacial score (nSPS) is 10.3. The van der Waals surface area contributed by atoms with Gasteiger partial charge in [0.2, 0.25) is 5.75 Å². The van der Waals surface area contributed by atoms with Crippen molar-refractivity contribution in [3.63, 3.8) is 0 Å². The topological polar surface area (TPSA) is 72.6 Å². The molecule has 5 nitrogen and oxygen atoms in total. The fourth-order valence-corrected chi connectivity index (χ4v) is 1.27. The van der Waals surface area contributed by atoms with Gasteiger partial charge in [-0.25, -0.2) is 5.26 Å². The van der Waals surface area contributed by atoms with E-state index in [1.165, 1.54) is 6.07 Å². The van der Waals surface area contributed by atoms with Crippen LogP contribution in [0.1, 0.15) is 25.3 Å². The first-order valence-electron chi connectivity index (χ1n) is 4.16. The second kappa shape index (κ2) is 4.06. The van der Waals surface area contributed by atoms with Crippen LogP contribution in [-0.4, -0.2) is 10.2 Å². The van der Waals surface area contributed by atoms with E-state index in [4.69, 9.17) is 5.26 Å². The lowest BCUT2D eigenvalue weighted by Crippen LogP contribution is -2.00. The van der Waals surface area contributed by atoms with E-state index in [0.717, 1.165) is 0 Å². The molecule has 0 spiro atoms. The lowest BCUT2D eigenvalue weighted by atomic mass is 10.0. The smallest absolute Gasteiger partial charge is 0.318 e. The van der Waals surface area contributed by atoms with E-state index in [0.29, 0.717) is 5.56 Å². The maximum Gasteiger partial charge on any atom is 0.318 e. The van der Waals surface area contributed by atoms with Gasteiger partial charge in [0.15, 0.2) is 0 Å². The standard InChI is InChI=1S/C9H11NO4/c1-6(2)7-4-3-5-8(14-13)9(7)10(11)12/h3-6,13H,1-2H3. The van der Waals surface area contributed by atoms with Gasteiger partial charge in [0.1, 0.15) is 0 Å². The van der Waals surface area contributed by atoms with Gasteiger partial charge in [0.05, 0.1) is 4.92 Å². The zero-order valence-corrected chi connectivity index (χ0v) is 7.93. The van der Waals surface area contributed by atoms with Crippen LogP contribution in [-0.2, 0) is 0 Å². The molecule has 0 radical (unpaired) electrons. The molecule has 1 rings (SSSR count). The number of benzene rings is 1. The van der Waals surface area contributed by atoms with Crippen molar-refractivity contribution in [1.29, 1.82) is 0 Å². The molecular weight excluding hydrogens is 186 g/mol. The van der Waals surface area contributed by atoms with E-state index in [-0.39, 0.29) is 17.4 Å². The van der Waals surface area contributed by atoms with Gasteiger partial charge in [-0.15, -0.1) is 0 Å². The van der Waals surface area contributed by atoms with Gasteiger partial charge >= 0.3 is 5.69 Å². The summed E-state index contributed by atoms with van der Waals surface area (Å²) in [7, 11) is 0. The number of nitro benzene ring substituents is 1. The van der Waals surface area contributed by atoms with Crippen LogP contribution in [0.2, 0.25) is 0 Å². The van der Waals surface area contributed by atoms with Crippen molar-refractivity contribution in [3.05, 3.63) is 33.9 Å². The van der Waals surface area contributed by atoms with Crippen molar-refractivity contribution in [1.82, 2.24) is 0 Å². The van der Waals surface area contributed by atoms with Gasteiger partial charge in [-0.05, 0) is 12.0 Å². The molecule has 0 aromatic heterocycles. The average molecular weight is 197 g/mol. The van der Waals surface area contributed by atoms with Crippen LogP contribution in [0.15, 0.2) is 18.2 Å². The number of para-hydroxylation sites is 1. The highest BCUT2D eigenvalue weighted by Gasteiger charge is 2.22. The Hall–Kier alpha value is -1.62. The van der Waals surface area contributed by atoms with Gasteiger partial charge in [-0.2, -0.15) is 0 Å². The first-order valence-corrected chi connectivity index (χ1v) is 4.16. The van der Waals surface area contributed by atoms with E-state index >= 15 is 0 Å². The summed E-state index contributed by atoms with van der Waals surface area (Å²) in [5.41, 5.74) is 0.367. The largest absolute Gasteiger partial charge is 0.333 e. The molecule has 5 heteroatoms. The highest BCUT2D eigenvalue weighted by molar-refractivity contribution is 5.53. The van der Waals surface area contributed by atoms with Crippen LogP contribution >= 0.6 is 0 Å². The Balaban J connectivity index is 3.35. The zero-order valence-electron chi connectivity index (χ0n) is 7.93. The monoisotopic (exact) mass is 197 g/mol. The second-order valence-electron chi connectivity index (χ2n) is 3.20. The minimum atomic E-state index is -0.555. The summed E-state index contributed by atoms with van der Waals surface area (Å²) in [6, 6.07) is 4.60. The summed E-state index contributed by atoms with van der Waals surface area (Å²) >= 11 is 0. The quantitative estimate of drug-likeness (QED) is 0.459. The van der Waals surface area contributed by atoms with Crippen LogP contribution in [0, 0.1) is 10.1 Å². The van der Waals surface area contributed by atoms with Crippen LogP contribution in [0.3, 0.4) is 0 Å². The third kappa shape index (κ3) is 1.82. The van der Waals surface area contributed by atoms with Crippen molar-refractivity contribution < 1.29 is 15.1 Å². The third-order valence-corrected chi connectivity index (χ3v) is 1.93. The number of hydrogen-bond donors (Lipinski definition) is 1. The summed E-state index contributed by atoms with van der Waals surface area (Å²) in [6.07, 6.45) is 0. The van der Waals surface area contributed by atoms with Gasteiger partial charge in [0.25, 0.3) is 0 Å². The summed E-state index contributed by atoms with van der Waals surface area (Å²) in [5.74, 6) is -0.119. The van der Waals surface area contributed by atoms with E-state index in [2.05, 4.69) is 4.89 Å². The molecule has 14 heavy (non-hydrogen) atoms. The molecule has 0 saturated heterocycles. The summed E-state index contributed by atoms with van der Waals surface area (Å²) in [6.45, 7) is 3.67. The minimum absolute atomic E-state index is 0.00509. The Kier molecular flexibility index (Phi) is 3.03. The molecule has 0 atom stereocenters. The Labute approximate surface area is 81.0 Å². The molecule has 0 amide bonds. The van der Waals surface area contributed by atoms with Crippen molar-refractivity contribution in [3.8, 4) is 5.75 Å². The molecule has 0 bridgehead atoms. The molecule has 76 valence electrons. The maximum absolute atomic E-state index is 10.7. The van der Waals surface area contributed by atoms with Gasteiger partial charge in [-0.1, -0.05) is 26.0 Å². The molecule has 0 aliphatic heterocycles. The summed E-state index contributed by atoms with van der Waals surface area (Å²) in [4.78, 5) is 14.1. The first-order chi connectivity index (χ1) is 6.57. The first kappa shape index (κ1) is 10.5.